The summed E-state index contributed by atoms with van der Waals surface area (Å²) in [5.74, 6) is 1.20. The fraction of sp³-hybridized carbons (Fsp3) is 0.583. The molecule has 7 nitrogen and oxygen atoms in total. The SMILES string of the molecule is CCCNc1ccc([N+](=O)[O-])c(NC(C)CS(C)=O)n1. The molecule has 112 valence electrons. The predicted octanol–water partition coefficient (Wildman–Crippen LogP) is 1.99. The number of hydrogen-bond acceptors (Lipinski definition) is 6. The molecular formula is C12H20N4O3S. The molecular weight excluding hydrogens is 280 g/mol. The van der Waals surface area contributed by atoms with Gasteiger partial charge in [0.25, 0.3) is 0 Å². The van der Waals surface area contributed by atoms with Crippen molar-refractivity contribution in [2.75, 3.05) is 29.2 Å². The van der Waals surface area contributed by atoms with E-state index in [0.717, 1.165) is 13.0 Å². The van der Waals surface area contributed by atoms with Crippen molar-refractivity contribution in [3.05, 3.63) is 22.2 Å². The maximum Gasteiger partial charge on any atom is 0.311 e. The van der Waals surface area contributed by atoms with E-state index in [1.165, 1.54) is 6.07 Å². The number of nitrogens with one attached hydrogen (secondary N) is 2. The van der Waals surface area contributed by atoms with Gasteiger partial charge in [-0.3, -0.25) is 14.3 Å². The van der Waals surface area contributed by atoms with Crippen molar-refractivity contribution < 1.29 is 9.13 Å². The highest BCUT2D eigenvalue weighted by molar-refractivity contribution is 7.84. The first-order valence-corrected chi connectivity index (χ1v) is 8.12. The van der Waals surface area contributed by atoms with Crippen molar-refractivity contribution in [2.24, 2.45) is 0 Å². The van der Waals surface area contributed by atoms with E-state index < -0.39 is 15.7 Å². The lowest BCUT2D eigenvalue weighted by Crippen LogP contribution is -2.23. The second-order valence-corrected chi connectivity index (χ2v) is 6.01. The first-order chi connectivity index (χ1) is 9.43. The molecule has 0 aliphatic carbocycles. The summed E-state index contributed by atoms with van der Waals surface area (Å²) in [7, 11) is -0.973. The Hall–Kier alpha value is -1.70. The molecule has 0 aromatic carbocycles. The van der Waals surface area contributed by atoms with Crippen LogP contribution in [-0.4, -0.2) is 38.7 Å². The Morgan fingerprint density at radius 1 is 1.50 bits per heavy atom. The van der Waals surface area contributed by atoms with E-state index in [2.05, 4.69) is 15.6 Å². The van der Waals surface area contributed by atoms with E-state index in [1.807, 2.05) is 13.8 Å². The third-order valence-corrected chi connectivity index (χ3v) is 3.46. The Bertz CT molecular complexity index is 496. The van der Waals surface area contributed by atoms with Gasteiger partial charge in [-0.25, -0.2) is 4.98 Å². The highest BCUT2D eigenvalue weighted by Crippen LogP contribution is 2.24. The molecule has 1 aromatic rings. The van der Waals surface area contributed by atoms with Crippen LogP contribution in [-0.2, 0) is 10.8 Å². The molecule has 0 spiro atoms. The van der Waals surface area contributed by atoms with Gasteiger partial charge < -0.3 is 10.6 Å². The lowest BCUT2D eigenvalue weighted by molar-refractivity contribution is -0.384. The lowest BCUT2D eigenvalue weighted by Gasteiger charge is -2.14. The molecule has 0 bridgehead atoms. The monoisotopic (exact) mass is 300 g/mol. The molecule has 1 aromatic heterocycles. The van der Waals surface area contributed by atoms with Gasteiger partial charge in [-0.15, -0.1) is 0 Å². The smallest absolute Gasteiger partial charge is 0.311 e. The molecule has 2 atom stereocenters. The summed E-state index contributed by atoms with van der Waals surface area (Å²) in [6, 6.07) is 2.85. The second-order valence-electron chi connectivity index (χ2n) is 4.53. The summed E-state index contributed by atoms with van der Waals surface area (Å²) >= 11 is 0. The quantitative estimate of drug-likeness (QED) is 0.563. The molecule has 2 N–H and O–H groups in total. The Morgan fingerprint density at radius 2 is 2.20 bits per heavy atom. The molecule has 0 amide bonds. The van der Waals surface area contributed by atoms with Crippen LogP contribution in [0, 0.1) is 10.1 Å². The molecule has 20 heavy (non-hydrogen) atoms. The summed E-state index contributed by atoms with van der Waals surface area (Å²) in [6.45, 7) is 4.59. The maximum atomic E-state index is 11.2. The van der Waals surface area contributed by atoms with Gasteiger partial charge in [0, 0.05) is 41.5 Å². The van der Waals surface area contributed by atoms with Crippen LogP contribution in [0.15, 0.2) is 12.1 Å². The molecule has 0 radical (unpaired) electrons. The number of hydrogen-bond donors (Lipinski definition) is 2. The van der Waals surface area contributed by atoms with Gasteiger partial charge in [-0.1, -0.05) is 6.92 Å². The van der Waals surface area contributed by atoms with Gasteiger partial charge in [-0.05, 0) is 19.4 Å². The molecule has 0 saturated carbocycles. The normalized spacial score (nSPS) is 13.6. The van der Waals surface area contributed by atoms with E-state index in [9.17, 15) is 14.3 Å². The zero-order chi connectivity index (χ0) is 15.1. The number of pyridine rings is 1. The molecule has 0 aliphatic heterocycles. The summed E-state index contributed by atoms with van der Waals surface area (Å²) in [5, 5.41) is 17.0. The molecule has 0 aliphatic rings. The maximum absolute atomic E-state index is 11.2. The van der Waals surface area contributed by atoms with Gasteiger partial charge in [0.1, 0.15) is 5.82 Å². The third kappa shape index (κ3) is 5.12. The topological polar surface area (TPSA) is 97.2 Å². The number of anilines is 2. The molecule has 1 rings (SSSR count). The number of nitro groups is 1. The minimum atomic E-state index is -0.973. The summed E-state index contributed by atoms with van der Waals surface area (Å²) in [4.78, 5) is 14.7. The summed E-state index contributed by atoms with van der Waals surface area (Å²) in [6.07, 6.45) is 2.53. The Kier molecular flexibility index (Phi) is 6.37. The van der Waals surface area contributed by atoms with Crippen LogP contribution in [0.25, 0.3) is 0 Å². The number of aromatic nitrogens is 1. The molecule has 8 heteroatoms. The van der Waals surface area contributed by atoms with E-state index >= 15 is 0 Å². The van der Waals surface area contributed by atoms with Gasteiger partial charge in [-0.2, -0.15) is 0 Å². The van der Waals surface area contributed by atoms with Crippen LogP contribution in [0.4, 0.5) is 17.3 Å². The van der Waals surface area contributed by atoms with E-state index in [-0.39, 0.29) is 17.5 Å². The lowest BCUT2D eigenvalue weighted by atomic mass is 10.3. The Balaban J connectivity index is 2.93. The minimum Gasteiger partial charge on any atom is -0.370 e. The van der Waals surface area contributed by atoms with Crippen molar-refractivity contribution in [1.29, 1.82) is 0 Å². The van der Waals surface area contributed by atoms with Gasteiger partial charge in [0.05, 0.1) is 4.92 Å². The Morgan fingerprint density at radius 3 is 2.75 bits per heavy atom. The van der Waals surface area contributed by atoms with Crippen molar-refractivity contribution >= 4 is 28.1 Å². The summed E-state index contributed by atoms with van der Waals surface area (Å²) < 4.78 is 11.2. The van der Waals surface area contributed by atoms with Gasteiger partial charge in [0.2, 0.25) is 5.82 Å². The van der Waals surface area contributed by atoms with E-state index in [1.54, 1.807) is 12.3 Å². The number of nitrogens with zero attached hydrogens (tertiary/aromatic N) is 2. The van der Waals surface area contributed by atoms with Crippen LogP contribution < -0.4 is 10.6 Å². The average Bonchev–Trinajstić information content (AvgIpc) is 2.35. The van der Waals surface area contributed by atoms with Crippen LogP contribution in [0.5, 0.6) is 0 Å². The third-order valence-electron chi connectivity index (χ3n) is 2.49. The highest BCUT2D eigenvalue weighted by atomic mass is 32.2. The van der Waals surface area contributed by atoms with Crippen LogP contribution in [0.2, 0.25) is 0 Å². The molecule has 0 fully saturated rings. The molecule has 2 unspecified atom stereocenters. The van der Waals surface area contributed by atoms with E-state index in [0.29, 0.717) is 11.6 Å². The standard InChI is InChI=1S/C12H20N4O3S/c1-4-7-13-11-6-5-10(16(17)18)12(15-11)14-9(2)8-20(3)19/h5-6,9H,4,7-8H2,1-3H3,(H2,13,14,15). The van der Waals surface area contributed by atoms with Gasteiger partial charge in [0.15, 0.2) is 0 Å². The first kappa shape index (κ1) is 16.4. The molecule has 1 heterocycles. The van der Waals surface area contributed by atoms with Crippen LogP contribution in [0.1, 0.15) is 20.3 Å². The molecule has 0 saturated heterocycles. The predicted molar refractivity (Wildman–Crippen MR) is 81.7 cm³/mol. The summed E-state index contributed by atoms with van der Waals surface area (Å²) in [5.41, 5.74) is -0.0826. The Labute approximate surface area is 120 Å². The first-order valence-electron chi connectivity index (χ1n) is 6.40. The van der Waals surface area contributed by atoms with Gasteiger partial charge >= 0.3 is 5.69 Å². The van der Waals surface area contributed by atoms with Crippen molar-refractivity contribution in [3.8, 4) is 0 Å². The zero-order valence-corrected chi connectivity index (χ0v) is 12.7. The fourth-order valence-electron chi connectivity index (χ4n) is 1.68. The van der Waals surface area contributed by atoms with Crippen molar-refractivity contribution in [3.63, 3.8) is 0 Å². The highest BCUT2D eigenvalue weighted by Gasteiger charge is 2.18. The minimum absolute atomic E-state index is 0.0826. The number of rotatable bonds is 8. The zero-order valence-electron chi connectivity index (χ0n) is 11.9. The van der Waals surface area contributed by atoms with Crippen LogP contribution in [0.3, 0.4) is 0 Å². The average molecular weight is 300 g/mol. The van der Waals surface area contributed by atoms with E-state index in [4.69, 9.17) is 0 Å². The van der Waals surface area contributed by atoms with Crippen molar-refractivity contribution in [1.82, 2.24) is 4.98 Å². The fourth-order valence-corrected chi connectivity index (χ4v) is 2.47. The van der Waals surface area contributed by atoms with Crippen LogP contribution >= 0.6 is 0 Å². The second kappa shape index (κ2) is 7.78. The largest absolute Gasteiger partial charge is 0.370 e. The van der Waals surface area contributed by atoms with Crippen molar-refractivity contribution in [2.45, 2.75) is 26.3 Å².